The van der Waals surface area contributed by atoms with Crippen molar-refractivity contribution < 1.29 is 31.8 Å². The van der Waals surface area contributed by atoms with Crippen LogP contribution in [0.1, 0.15) is 18.2 Å². The van der Waals surface area contributed by atoms with Gasteiger partial charge in [-0.15, -0.1) is 13.2 Å². The number of alkyl halides is 4. The molecule has 0 aromatic carbocycles. The van der Waals surface area contributed by atoms with E-state index in [1.54, 1.807) is 29.5 Å². The van der Waals surface area contributed by atoms with E-state index in [1.807, 2.05) is 0 Å². The largest absolute Gasteiger partial charge is 0.573 e. The van der Waals surface area contributed by atoms with Gasteiger partial charge in [-0.2, -0.15) is 0 Å². The molecule has 0 fully saturated rings. The van der Waals surface area contributed by atoms with Crippen LogP contribution < -0.4 is 4.74 Å². The van der Waals surface area contributed by atoms with Crippen LogP contribution >= 0.6 is 22.6 Å². The molecule has 0 aliphatic heterocycles. The van der Waals surface area contributed by atoms with Crippen molar-refractivity contribution in [3.8, 4) is 5.75 Å². The summed E-state index contributed by atoms with van der Waals surface area (Å²) in [5.41, 5.74) is -0.605. The summed E-state index contributed by atoms with van der Waals surface area (Å²) in [4.78, 5) is 15.0. The molecule has 0 saturated heterocycles. The summed E-state index contributed by atoms with van der Waals surface area (Å²) < 4.78 is 58.6. The molecular formula is C11H10F4INO3. The number of esters is 1. The van der Waals surface area contributed by atoms with Crippen LogP contribution in [0, 0.1) is 3.57 Å². The van der Waals surface area contributed by atoms with E-state index in [0.717, 1.165) is 0 Å². The minimum Gasteiger partial charge on any atom is -0.466 e. The van der Waals surface area contributed by atoms with Gasteiger partial charge >= 0.3 is 12.3 Å². The smallest absolute Gasteiger partial charge is 0.466 e. The van der Waals surface area contributed by atoms with Gasteiger partial charge in [0.05, 0.1) is 18.7 Å². The molecule has 0 saturated carbocycles. The first-order valence-corrected chi connectivity index (χ1v) is 6.50. The second kappa shape index (κ2) is 7.04. The van der Waals surface area contributed by atoms with Crippen LogP contribution in [0.4, 0.5) is 17.6 Å². The highest BCUT2D eigenvalue weighted by Gasteiger charge is 2.34. The number of pyridine rings is 1. The van der Waals surface area contributed by atoms with Gasteiger partial charge in [-0.05, 0) is 29.5 Å². The van der Waals surface area contributed by atoms with Crippen molar-refractivity contribution in [3.63, 3.8) is 0 Å². The van der Waals surface area contributed by atoms with Crippen LogP contribution in [0.25, 0.3) is 0 Å². The van der Waals surface area contributed by atoms with Crippen molar-refractivity contribution in [1.29, 1.82) is 0 Å². The fourth-order valence-electron chi connectivity index (χ4n) is 1.39. The van der Waals surface area contributed by atoms with Crippen LogP contribution in [0.5, 0.6) is 5.75 Å². The Labute approximate surface area is 125 Å². The predicted octanol–water partition coefficient (Wildman–Crippen LogP) is 3.16. The Morgan fingerprint density at radius 1 is 1.45 bits per heavy atom. The molecule has 20 heavy (non-hydrogen) atoms. The highest BCUT2D eigenvalue weighted by atomic mass is 127. The molecule has 1 aromatic heterocycles. The number of ether oxygens (including phenoxy) is 2. The number of carbonyl (C=O) groups is 1. The maximum Gasteiger partial charge on any atom is 0.573 e. The Balaban J connectivity index is 3.18. The maximum absolute atomic E-state index is 12.9. The first kappa shape index (κ1) is 16.9. The summed E-state index contributed by atoms with van der Waals surface area (Å²) in [5.74, 6) is -1.54. The van der Waals surface area contributed by atoms with E-state index < -0.39 is 31.2 Å². The topological polar surface area (TPSA) is 48.4 Å². The Kier molecular flexibility index (Phi) is 5.96. The number of halogens is 5. The number of hydrogen-bond donors (Lipinski definition) is 0. The highest BCUT2D eigenvalue weighted by Crippen LogP contribution is 2.32. The van der Waals surface area contributed by atoms with Crippen LogP contribution in [0.2, 0.25) is 0 Å². The van der Waals surface area contributed by atoms with Crippen LogP contribution in [0.3, 0.4) is 0 Å². The van der Waals surface area contributed by atoms with E-state index >= 15 is 0 Å². The Morgan fingerprint density at radius 3 is 2.60 bits per heavy atom. The molecule has 112 valence electrons. The molecule has 0 aliphatic rings. The Hall–Kier alpha value is -1.13. The van der Waals surface area contributed by atoms with Gasteiger partial charge in [0.1, 0.15) is 6.67 Å². The van der Waals surface area contributed by atoms with Crippen LogP contribution in [-0.2, 0) is 22.6 Å². The van der Waals surface area contributed by atoms with Gasteiger partial charge in [0, 0.05) is 15.3 Å². The van der Waals surface area contributed by atoms with Gasteiger partial charge in [0.25, 0.3) is 0 Å². The molecule has 9 heteroatoms. The molecule has 0 bridgehead atoms. The molecular weight excluding hydrogens is 397 g/mol. The van der Waals surface area contributed by atoms with Gasteiger partial charge in [0.15, 0.2) is 5.75 Å². The lowest BCUT2D eigenvalue weighted by molar-refractivity contribution is -0.275. The minimum absolute atomic E-state index is 0.0780. The average molecular weight is 407 g/mol. The average Bonchev–Trinajstić information content (AvgIpc) is 2.31. The monoisotopic (exact) mass is 407 g/mol. The third kappa shape index (κ3) is 4.76. The van der Waals surface area contributed by atoms with E-state index in [4.69, 9.17) is 0 Å². The highest BCUT2D eigenvalue weighted by molar-refractivity contribution is 14.1. The summed E-state index contributed by atoms with van der Waals surface area (Å²) in [6, 6.07) is 0. The number of carbonyl (C=O) groups excluding carboxylic acids is 1. The fourth-order valence-corrected chi connectivity index (χ4v) is 1.92. The number of hydrogen-bond acceptors (Lipinski definition) is 4. The lowest BCUT2D eigenvalue weighted by Gasteiger charge is -2.16. The van der Waals surface area contributed by atoms with Crippen LogP contribution in [0.15, 0.2) is 6.20 Å². The summed E-state index contributed by atoms with van der Waals surface area (Å²) in [5, 5.41) is 0. The second-order valence-electron chi connectivity index (χ2n) is 3.52. The predicted molar refractivity (Wildman–Crippen MR) is 68.8 cm³/mol. The molecule has 0 N–H and O–H groups in total. The number of nitrogens with zero attached hydrogens (tertiary/aromatic N) is 1. The van der Waals surface area contributed by atoms with Crippen LogP contribution in [-0.4, -0.2) is 23.9 Å². The third-order valence-corrected chi connectivity index (χ3v) is 3.06. The van der Waals surface area contributed by atoms with E-state index in [0.29, 0.717) is 0 Å². The first-order valence-electron chi connectivity index (χ1n) is 5.42. The Morgan fingerprint density at radius 2 is 2.10 bits per heavy atom. The van der Waals surface area contributed by atoms with Crippen molar-refractivity contribution >= 4 is 28.6 Å². The Bertz CT molecular complexity index is 493. The SMILES string of the molecule is CCOC(=O)Cc1ncc(I)c(CF)c1OC(F)(F)F. The molecule has 1 heterocycles. The number of aromatic nitrogens is 1. The van der Waals surface area contributed by atoms with Gasteiger partial charge < -0.3 is 9.47 Å². The van der Waals surface area contributed by atoms with Gasteiger partial charge in [-0.1, -0.05) is 0 Å². The van der Waals surface area contributed by atoms with Crippen molar-refractivity contribution in [2.45, 2.75) is 26.4 Å². The summed E-state index contributed by atoms with van der Waals surface area (Å²) in [7, 11) is 0. The molecule has 1 rings (SSSR count). The zero-order chi connectivity index (χ0) is 15.3. The zero-order valence-corrected chi connectivity index (χ0v) is 12.4. The van der Waals surface area contributed by atoms with E-state index in [9.17, 15) is 22.4 Å². The van der Waals surface area contributed by atoms with Crippen molar-refractivity contribution in [2.75, 3.05) is 6.61 Å². The molecule has 1 aromatic rings. The molecule has 0 amide bonds. The van der Waals surface area contributed by atoms with E-state index in [-0.39, 0.29) is 21.4 Å². The molecule has 0 aliphatic carbocycles. The quantitative estimate of drug-likeness (QED) is 0.428. The second-order valence-corrected chi connectivity index (χ2v) is 4.69. The van der Waals surface area contributed by atoms with Gasteiger partial charge in [-0.3, -0.25) is 9.78 Å². The fraction of sp³-hybridized carbons (Fsp3) is 0.455. The van der Waals surface area contributed by atoms with Crippen molar-refractivity contribution in [1.82, 2.24) is 4.98 Å². The normalized spacial score (nSPS) is 11.3. The molecule has 0 atom stereocenters. The molecule has 0 spiro atoms. The number of rotatable bonds is 5. The van der Waals surface area contributed by atoms with Crippen molar-refractivity contribution in [3.05, 3.63) is 21.0 Å². The maximum atomic E-state index is 12.9. The van der Waals surface area contributed by atoms with E-state index in [1.165, 1.54) is 6.20 Å². The van der Waals surface area contributed by atoms with Crippen molar-refractivity contribution in [2.24, 2.45) is 0 Å². The lowest BCUT2D eigenvalue weighted by Crippen LogP contribution is -2.21. The van der Waals surface area contributed by atoms with E-state index in [2.05, 4.69) is 14.5 Å². The minimum atomic E-state index is -5.00. The summed E-state index contributed by atoms with van der Waals surface area (Å²) in [6.45, 7) is 0.468. The first-order chi connectivity index (χ1) is 9.28. The standard InChI is InChI=1S/C11H10F4INO3/c1-2-19-9(18)3-8-10(20-11(13,14)15)6(4-12)7(16)5-17-8/h5H,2-4H2,1H3. The summed E-state index contributed by atoms with van der Waals surface area (Å²) in [6.07, 6.45) is -4.35. The third-order valence-electron chi connectivity index (χ3n) is 2.13. The summed E-state index contributed by atoms with van der Waals surface area (Å²) >= 11 is 1.64. The van der Waals surface area contributed by atoms with Gasteiger partial charge in [-0.25, -0.2) is 4.39 Å². The molecule has 0 unspecified atom stereocenters. The lowest BCUT2D eigenvalue weighted by atomic mass is 10.1. The molecule has 0 radical (unpaired) electrons. The zero-order valence-electron chi connectivity index (χ0n) is 10.3. The molecule has 4 nitrogen and oxygen atoms in total. The van der Waals surface area contributed by atoms with Gasteiger partial charge in [0.2, 0.25) is 0 Å².